The first-order valence-electron chi connectivity index (χ1n) is 9.32. The van der Waals surface area contributed by atoms with Gasteiger partial charge in [-0.25, -0.2) is 0 Å². The number of benzene rings is 1. The molecule has 0 amide bonds. The van der Waals surface area contributed by atoms with Crippen LogP contribution in [0.2, 0.25) is 0 Å². The largest absolute Gasteiger partial charge is 0.492 e. The second kappa shape index (κ2) is 6.10. The first kappa shape index (κ1) is 16.8. The van der Waals surface area contributed by atoms with Crippen molar-refractivity contribution in [2.24, 2.45) is 0 Å². The minimum Gasteiger partial charge on any atom is -0.492 e. The van der Waals surface area contributed by atoms with E-state index in [1.54, 1.807) is 7.11 Å². The summed E-state index contributed by atoms with van der Waals surface area (Å²) >= 11 is 1.25. The third-order valence-electron chi connectivity index (χ3n) is 5.78. The molecule has 0 radical (unpaired) electrons. The van der Waals surface area contributed by atoms with Crippen LogP contribution in [0.3, 0.4) is 0 Å². The molecule has 2 aliphatic rings. The van der Waals surface area contributed by atoms with E-state index in [9.17, 15) is 9.59 Å². The summed E-state index contributed by atoms with van der Waals surface area (Å²) in [5.74, 6) is 0.732. The average Bonchev–Trinajstić information content (AvgIpc) is 3.27. The number of nitrogens with one attached hydrogen (secondary N) is 2. The highest BCUT2D eigenvalue weighted by Gasteiger charge is 2.32. The van der Waals surface area contributed by atoms with Crippen molar-refractivity contribution < 1.29 is 4.74 Å². The van der Waals surface area contributed by atoms with E-state index in [0.29, 0.717) is 17.5 Å². The van der Waals surface area contributed by atoms with Gasteiger partial charge < -0.3 is 19.5 Å². The van der Waals surface area contributed by atoms with Gasteiger partial charge in [-0.1, -0.05) is 0 Å². The van der Waals surface area contributed by atoms with Gasteiger partial charge in [0.25, 0.3) is 5.56 Å². The maximum Gasteiger partial charge on any atom is 0.271 e. The summed E-state index contributed by atoms with van der Waals surface area (Å²) < 4.78 is 10.8. The Labute approximate surface area is 159 Å². The topological polar surface area (TPSA) is 79.4 Å². The molecule has 1 aliphatic heterocycles. The van der Waals surface area contributed by atoms with E-state index in [0.717, 1.165) is 54.1 Å². The predicted molar refractivity (Wildman–Crippen MR) is 109 cm³/mol. The van der Waals surface area contributed by atoms with Gasteiger partial charge in [-0.2, -0.15) is 0 Å². The smallest absolute Gasteiger partial charge is 0.271 e. The Balaban J connectivity index is 1.84. The van der Waals surface area contributed by atoms with Crippen molar-refractivity contribution in [3.63, 3.8) is 0 Å². The molecule has 1 saturated carbocycles. The van der Waals surface area contributed by atoms with Crippen LogP contribution >= 0.6 is 11.5 Å². The van der Waals surface area contributed by atoms with Crippen LogP contribution in [0.5, 0.6) is 5.75 Å². The number of nitrogens with zero attached hydrogens (tertiary/aromatic N) is 2. The summed E-state index contributed by atoms with van der Waals surface area (Å²) in [6.45, 7) is 1.85. The number of fused-ring (bicyclic) bond motifs is 2. The number of anilines is 1. The van der Waals surface area contributed by atoms with E-state index < -0.39 is 0 Å². The molecule has 0 spiro atoms. The lowest BCUT2D eigenvalue weighted by Gasteiger charge is -2.24. The first-order chi connectivity index (χ1) is 13.1. The maximum absolute atomic E-state index is 13.1. The van der Waals surface area contributed by atoms with Crippen molar-refractivity contribution in [1.82, 2.24) is 14.3 Å². The van der Waals surface area contributed by atoms with Gasteiger partial charge in [0, 0.05) is 25.2 Å². The van der Waals surface area contributed by atoms with Crippen molar-refractivity contribution >= 4 is 38.3 Å². The molecule has 3 heterocycles. The zero-order valence-corrected chi connectivity index (χ0v) is 16.2. The lowest BCUT2D eigenvalue weighted by atomic mass is 10.1. The van der Waals surface area contributed by atoms with Crippen LogP contribution in [0, 0.1) is 0 Å². The number of aromatic nitrogens is 2. The SMILES string of the molecule is CNC1CCN(c2ccc3c(=O)c4c(=O)[nH]sc4n(C4CC4)c3c2OC)C1. The summed E-state index contributed by atoms with van der Waals surface area (Å²) in [7, 11) is 3.65. The van der Waals surface area contributed by atoms with E-state index in [-0.39, 0.29) is 16.4 Å². The second-order valence-corrected chi connectivity index (χ2v) is 8.17. The second-order valence-electron chi connectivity index (χ2n) is 7.38. The van der Waals surface area contributed by atoms with Gasteiger partial charge in [0.2, 0.25) is 5.43 Å². The molecular formula is C19H22N4O3S. The zero-order chi connectivity index (χ0) is 18.7. The lowest BCUT2D eigenvalue weighted by Crippen LogP contribution is -2.29. The molecule has 2 aromatic heterocycles. The molecule has 142 valence electrons. The van der Waals surface area contributed by atoms with E-state index in [2.05, 4.69) is 19.2 Å². The van der Waals surface area contributed by atoms with Gasteiger partial charge in [-0.05, 0) is 50.0 Å². The van der Waals surface area contributed by atoms with Gasteiger partial charge in [-0.15, -0.1) is 0 Å². The van der Waals surface area contributed by atoms with Crippen LogP contribution in [0.25, 0.3) is 21.1 Å². The van der Waals surface area contributed by atoms with E-state index in [1.165, 1.54) is 11.5 Å². The Bertz CT molecular complexity index is 1160. The quantitative estimate of drug-likeness (QED) is 0.717. The average molecular weight is 386 g/mol. The highest BCUT2D eigenvalue weighted by atomic mass is 32.1. The van der Waals surface area contributed by atoms with Gasteiger partial charge in [0.15, 0.2) is 5.75 Å². The predicted octanol–water partition coefficient (Wildman–Crippen LogP) is 2.05. The minimum absolute atomic E-state index is 0.209. The highest BCUT2D eigenvalue weighted by Crippen LogP contribution is 2.44. The monoisotopic (exact) mass is 386 g/mol. The molecule has 1 saturated heterocycles. The van der Waals surface area contributed by atoms with Crippen LogP contribution in [-0.2, 0) is 0 Å². The Morgan fingerprint density at radius 2 is 2.07 bits per heavy atom. The number of pyridine rings is 1. The Morgan fingerprint density at radius 3 is 2.74 bits per heavy atom. The molecule has 1 aromatic carbocycles. The van der Waals surface area contributed by atoms with Crippen molar-refractivity contribution in [2.75, 3.05) is 32.1 Å². The van der Waals surface area contributed by atoms with Crippen molar-refractivity contribution in [3.8, 4) is 5.75 Å². The van der Waals surface area contributed by atoms with Crippen LogP contribution in [0.4, 0.5) is 5.69 Å². The Morgan fingerprint density at radius 1 is 1.26 bits per heavy atom. The molecule has 3 aromatic rings. The van der Waals surface area contributed by atoms with Crippen LogP contribution in [-0.4, -0.2) is 42.2 Å². The number of methoxy groups -OCH3 is 1. The fraction of sp³-hybridized carbons (Fsp3) is 0.474. The molecule has 2 fully saturated rings. The number of ether oxygens (including phenoxy) is 1. The highest BCUT2D eigenvalue weighted by molar-refractivity contribution is 7.12. The van der Waals surface area contributed by atoms with Crippen molar-refractivity contribution in [3.05, 3.63) is 32.7 Å². The summed E-state index contributed by atoms with van der Waals surface area (Å²) in [5.41, 5.74) is 1.33. The molecule has 1 aliphatic carbocycles. The zero-order valence-electron chi connectivity index (χ0n) is 15.4. The molecule has 5 rings (SSSR count). The molecular weight excluding hydrogens is 364 g/mol. The molecule has 1 unspecified atom stereocenters. The first-order valence-corrected chi connectivity index (χ1v) is 10.1. The molecule has 2 N–H and O–H groups in total. The number of likely N-dealkylation sites (N-methyl/N-ethyl adjacent to an activating group) is 1. The van der Waals surface area contributed by atoms with E-state index in [1.807, 2.05) is 19.2 Å². The third kappa shape index (κ3) is 2.43. The number of rotatable bonds is 4. The molecule has 0 bridgehead atoms. The van der Waals surface area contributed by atoms with Crippen molar-refractivity contribution in [1.29, 1.82) is 0 Å². The molecule has 1 atom stereocenters. The number of H-pyrrole nitrogens is 1. The molecule has 8 heteroatoms. The van der Waals surface area contributed by atoms with Gasteiger partial charge in [0.05, 0.1) is 23.7 Å². The summed E-state index contributed by atoms with van der Waals surface area (Å²) in [4.78, 5) is 28.3. The van der Waals surface area contributed by atoms with E-state index >= 15 is 0 Å². The van der Waals surface area contributed by atoms with Gasteiger partial charge in [0.1, 0.15) is 10.2 Å². The van der Waals surface area contributed by atoms with Crippen LogP contribution in [0.1, 0.15) is 25.3 Å². The van der Waals surface area contributed by atoms with Crippen LogP contribution in [0.15, 0.2) is 21.7 Å². The summed E-state index contributed by atoms with van der Waals surface area (Å²) in [6, 6.07) is 4.59. The minimum atomic E-state index is -0.296. The number of hydrogen-bond acceptors (Lipinski definition) is 6. The summed E-state index contributed by atoms with van der Waals surface area (Å²) in [6.07, 6.45) is 3.18. The maximum atomic E-state index is 13.1. The Hall–Kier alpha value is -2.32. The third-order valence-corrected chi connectivity index (χ3v) is 6.66. The molecule has 27 heavy (non-hydrogen) atoms. The van der Waals surface area contributed by atoms with E-state index in [4.69, 9.17) is 4.74 Å². The summed E-state index contributed by atoms with van der Waals surface area (Å²) in [5, 5.41) is 4.17. The van der Waals surface area contributed by atoms with Crippen LogP contribution < -0.4 is 25.9 Å². The van der Waals surface area contributed by atoms with Gasteiger partial charge >= 0.3 is 0 Å². The van der Waals surface area contributed by atoms with Gasteiger partial charge in [-0.3, -0.25) is 14.0 Å². The Kier molecular flexibility index (Phi) is 3.80. The lowest BCUT2D eigenvalue weighted by molar-refractivity contribution is 0.417. The number of aromatic amines is 1. The fourth-order valence-electron chi connectivity index (χ4n) is 4.23. The fourth-order valence-corrected chi connectivity index (χ4v) is 5.15. The number of hydrogen-bond donors (Lipinski definition) is 2. The normalized spacial score (nSPS) is 20.1. The molecule has 7 nitrogen and oxygen atoms in total. The van der Waals surface area contributed by atoms with Crippen molar-refractivity contribution in [2.45, 2.75) is 31.3 Å². The standard InChI is InChI=1S/C19H22N4O3S/c1-20-10-7-8-22(9-10)13-6-5-12-15(17(13)26-2)23(11-3-4-11)19-14(16(12)24)18(25)21-27-19/h5-6,10-11,20H,3-4,7-9H2,1-2H3,(H,21,25).